The van der Waals surface area contributed by atoms with Crippen LogP contribution in [0.1, 0.15) is 74.2 Å². The van der Waals surface area contributed by atoms with E-state index >= 15 is 0 Å². The molecule has 14 heteroatoms. The zero-order valence-corrected chi connectivity index (χ0v) is 34.9. The molecule has 61 heavy (non-hydrogen) atoms. The molecule has 2 saturated carbocycles. The van der Waals surface area contributed by atoms with Gasteiger partial charge in [-0.2, -0.15) is 0 Å². The number of rotatable bonds is 14. The summed E-state index contributed by atoms with van der Waals surface area (Å²) in [7, 11) is 2.10. The van der Waals surface area contributed by atoms with Crippen LogP contribution in [-0.4, -0.2) is 99.4 Å². The third kappa shape index (κ3) is 9.00. The number of amides is 5. The monoisotopic (exact) mass is 828 g/mol. The summed E-state index contributed by atoms with van der Waals surface area (Å²) in [5, 5.41) is 4.58. The first-order valence-electron chi connectivity index (χ1n) is 21.1. The molecular weight excluding hydrogens is 777 g/mol. The second-order valence-corrected chi connectivity index (χ2v) is 17.1. The standard InChI is InChI=1S/C25H31N3O7.C22H21N3O/c1-17-10-18(34-8-2-3-9-35-19-11-25(12-19)13-27(14-25)15-29)4-5-20(17)24(33)28(16-30)21-6-7-22(31)26-23(21)32;1-14-9-17(10-14)26-22-6-4-16(12-24-22)15-3-5-18-19-13-23-8-7-20(19)25(2)21(18)11-15/h4-5,10,15-16,19,21H,2-3,6-9,11-14H2,1H3,(H,26,31,32);3-8,11-14,17H,9-10H2,1-2H3. The van der Waals surface area contributed by atoms with E-state index in [1.807, 2.05) is 24.7 Å². The second kappa shape index (κ2) is 17.8. The Hall–Kier alpha value is -6.15. The predicted molar refractivity (Wildman–Crippen MR) is 228 cm³/mol. The fourth-order valence-corrected chi connectivity index (χ4v) is 9.08. The summed E-state index contributed by atoms with van der Waals surface area (Å²) in [5.74, 6) is 0.474. The number of hydrogen-bond donors (Lipinski definition) is 1. The van der Waals surface area contributed by atoms with Crippen molar-refractivity contribution in [3.8, 4) is 22.8 Å². The lowest BCUT2D eigenvalue weighted by atomic mass is 9.62. The summed E-state index contributed by atoms with van der Waals surface area (Å²) < 4.78 is 19.8. The van der Waals surface area contributed by atoms with Crippen LogP contribution in [-0.2, 0) is 31.0 Å². The molecule has 318 valence electrons. The van der Waals surface area contributed by atoms with E-state index in [0.29, 0.717) is 54.1 Å². The van der Waals surface area contributed by atoms with Crippen molar-refractivity contribution in [2.24, 2.45) is 18.4 Å². The van der Waals surface area contributed by atoms with Gasteiger partial charge in [0, 0.05) is 90.7 Å². The van der Waals surface area contributed by atoms with Crippen LogP contribution >= 0.6 is 0 Å². The van der Waals surface area contributed by atoms with Gasteiger partial charge < -0.3 is 23.7 Å². The minimum atomic E-state index is -1.000. The maximum Gasteiger partial charge on any atom is 0.261 e. The normalized spacial score (nSPS) is 20.4. The van der Waals surface area contributed by atoms with Crippen molar-refractivity contribution < 1.29 is 38.2 Å². The summed E-state index contributed by atoms with van der Waals surface area (Å²) >= 11 is 0. The zero-order valence-electron chi connectivity index (χ0n) is 34.9. The van der Waals surface area contributed by atoms with E-state index in [9.17, 15) is 24.0 Å². The maximum absolute atomic E-state index is 12.9. The van der Waals surface area contributed by atoms with Gasteiger partial charge in [0.1, 0.15) is 17.9 Å². The lowest BCUT2D eigenvalue weighted by Gasteiger charge is -2.57. The van der Waals surface area contributed by atoms with Gasteiger partial charge in [0.25, 0.3) is 5.91 Å². The Balaban J connectivity index is 0.000000175. The van der Waals surface area contributed by atoms with Gasteiger partial charge in [0.2, 0.25) is 30.5 Å². The predicted octanol–water partition coefficient (Wildman–Crippen LogP) is 6.16. The van der Waals surface area contributed by atoms with Crippen LogP contribution in [0, 0.1) is 18.3 Å². The van der Waals surface area contributed by atoms with E-state index < -0.39 is 23.8 Å². The lowest BCUT2D eigenvalue weighted by Crippen LogP contribution is -2.63. The number of carbonyl (C=O) groups excluding carboxylic acids is 5. The van der Waals surface area contributed by atoms with Crippen molar-refractivity contribution in [3.63, 3.8) is 0 Å². The van der Waals surface area contributed by atoms with Gasteiger partial charge in [-0.3, -0.25) is 39.2 Å². The number of nitrogens with zero attached hydrogens (tertiary/aromatic N) is 5. The van der Waals surface area contributed by atoms with Crippen LogP contribution < -0.4 is 14.8 Å². The topological polar surface area (TPSA) is 162 Å². The number of benzene rings is 2. The first-order chi connectivity index (χ1) is 29.5. The lowest BCUT2D eigenvalue weighted by molar-refractivity contribution is -0.161. The van der Waals surface area contributed by atoms with Crippen molar-refractivity contribution in [2.75, 3.05) is 26.3 Å². The third-order valence-electron chi connectivity index (χ3n) is 12.5. The Labute approximate surface area is 354 Å². The quantitative estimate of drug-likeness (QED) is 0.0780. The molecule has 4 aliphatic rings. The van der Waals surface area contributed by atoms with Crippen molar-refractivity contribution in [1.82, 2.24) is 29.7 Å². The molecule has 14 nitrogen and oxygen atoms in total. The highest BCUT2D eigenvalue weighted by Crippen LogP contribution is 2.49. The minimum Gasteiger partial charge on any atom is -0.494 e. The van der Waals surface area contributed by atoms with E-state index in [1.54, 1.807) is 30.0 Å². The molecule has 5 amide bonds. The van der Waals surface area contributed by atoms with E-state index in [4.69, 9.17) is 14.2 Å². The molecule has 9 rings (SSSR count). The Bertz CT molecular complexity index is 2430. The Morgan fingerprint density at radius 2 is 1.72 bits per heavy atom. The van der Waals surface area contributed by atoms with Crippen LogP contribution in [0.3, 0.4) is 0 Å². The molecule has 1 atom stereocenters. The molecule has 1 spiro atoms. The molecular formula is C47H52N6O8. The molecule has 2 aromatic carbocycles. The van der Waals surface area contributed by atoms with E-state index in [1.165, 1.54) is 21.8 Å². The molecule has 3 aromatic heterocycles. The smallest absolute Gasteiger partial charge is 0.261 e. The number of fused-ring (bicyclic) bond motifs is 3. The first-order valence-corrected chi connectivity index (χ1v) is 21.1. The number of piperidine rings is 1. The van der Waals surface area contributed by atoms with Gasteiger partial charge >= 0.3 is 0 Å². The summed E-state index contributed by atoms with van der Waals surface area (Å²) in [4.78, 5) is 70.0. The summed E-state index contributed by atoms with van der Waals surface area (Å²) in [5.41, 5.74) is 5.89. The minimum absolute atomic E-state index is 0.0758. The number of ether oxygens (including phenoxy) is 3. The average molecular weight is 829 g/mol. The van der Waals surface area contributed by atoms with Gasteiger partial charge in [-0.05, 0) is 105 Å². The molecule has 0 radical (unpaired) electrons. The Morgan fingerprint density at radius 1 is 0.934 bits per heavy atom. The largest absolute Gasteiger partial charge is 0.494 e. The average Bonchev–Trinajstić information content (AvgIpc) is 3.50. The number of imide groups is 2. The van der Waals surface area contributed by atoms with Crippen LogP contribution in [0.2, 0.25) is 0 Å². The SMILES string of the molecule is CC1CC(Oc2ccc(-c3ccc4c5cnccc5n(C)c4c3)cn2)C1.Cc1cc(OCCCCOC2CC3(C2)CN(C=O)C3)ccc1C(=O)N(C=O)C1CCC(=O)NC1=O. The van der Waals surface area contributed by atoms with Gasteiger partial charge in [-0.15, -0.1) is 0 Å². The highest BCUT2D eigenvalue weighted by Gasteiger charge is 2.52. The molecule has 1 N–H and O–H groups in total. The number of pyridine rings is 2. The third-order valence-corrected chi connectivity index (χ3v) is 12.5. The van der Waals surface area contributed by atoms with Crippen molar-refractivity contribution in [2.45, 2.75) is 83.5 Å². The summed E-state index contributed by atoms with van der Waals surface area (Å²) in [6.07, 6.45) is 13.8. The van der Waals surface area contributed by atoms with E-state index in [2.05, 4.69) is 64.2 Å². The molecule has 2 aliphatic heterocycles. The number of aromatic nitrogens is 3. The van der Waals surface area contributed by atoms with Crippen molar-refractivity contribution in [3.05, 3.63) is 84.3 Å². The summed E-state index contributed by atoms with van der Waals surface area (Å²) in [6.45, 7) is 6.90. The van der Waals surface area contributed by atoms with Gasteiger partial charge in [-0.1, -0.05) is 19.1 Å². The number of likely N-dealkylation sites (tertiary alicyclic amines) is 1. The highest BCUT2D eigenvalue weighted by molar-refractivity contribution is 6.09. The number of hydrogen-bond acceptors (Lipinski definition) is 10. The number of unbranched alkanes of at least 4 members (excludes halogenated alkanes) is 1. The van der Waals surface area contributed by atoms with Gasteiger partial charge in [0.05, 0.1) is 18.2 Å². The van der Waals surface area contributed by atoms with Crippen molar-refractivity contribution in [1.29, 1.82) is 0 Å². The van der Waals surface area contributed by atoms with E-state index in [-0.39, 0.29) is 12.8 Å². The van der Waals surface area contributed by atoms with Crippen LogP contribution in [0.4, 0.5) is 0 Å². The van der Waals surface area contributed by atoms with Crippen LogP contribution in [0.5, 0.6) is 11.6 Å². The van der Waals surface area contributed by atoms with Crippen LogP contribution in [0.25, 0.3) is 32.9 Å². The fraction of sp³-hybridized carbons (Fsp3) is 0.426. The summed E-state index contributed by atoms with van der Waals surface area (Å²) in [6, 6.07) is 16.7. The number of aryl methyl sites for hydroxylation is 2. The second-order valence-electron chi connectivity index (χ2n) is 17.1. The Kier molecular flexibility index (Phi) is 12.2. The molecule has 4 fully saturated rings. The molecule has 2 saturated heterocycles. The molecule has 0 bridgehead atoms. The maximum atomic E-state index is 12.9. The van der Waals surface area contributed by atoms with E-state index in [0.717, 1.165) is 85.8 Å². The molecule has 5 heterocycles. The Morgan fingerprint density at radius 3 is 2.43 bits per heavy atom. The number of carbonyl (C=O) groups is 5. The molecule has 2 aliphatic carbocycles. The first kappa shape index (κ1) is 41.6. The highest BCUT2D eigenvalue weighted by atomic mass is 16.5. The fourth-order valence-electron chi connectivity index (χ4n) is 9.08. The van der Waals surface area contributed by atoms with Crippen molar-refractivity contribution >= 4 is 52.3 Å². The molecule has 5 aromatic rings. The van der Waals surface area contributed by atoms with Crippen LogP contribution in [0.15, 0.2) is 73.2 Å². The zero-order chi connectivity index (χ0) is 42.7. The molecule has 1 unspecified atom stereocenters. The van der Waals surface area contributed by atoms with Gasteiger partial charge in [0.15, 0.2) is 0 Å². The van der Waals surface area contributed by atoms with Gasteiger partial charge in [-0.25, -0.2) is 4.98 Å². The number of nitrogens with one attached hydrogen (secondary N) is 1.